The predicted octanol–water partition coefficient (Wildman–Crippen LogP) is 2.73. The zero-order chi connectivity index (χ0) is 19.2. The van der Waals surface area contributed by atoms with E-state index in [1.54, 1.807) is 65.6 Å². The van der Waals surface area contributed by atoms with Crippen LogP contribution in [0.3, 0.4) is 0 Å². The Hall–Kier alpha value is -2.73. The van der Waals surface area contributed by atoms with E-state index in [0.29, 0.717) is 17.7 Å². The number of benzene rings is 2. The average molecular weight is 381 g/mol. The molecule has 2 aromatic carbocycles. The number of carbonyl (C=O) groups excluding carboxylic acids is 2. The molecule has 1 aliphatic heterocycles. The van der Waals surface area contributed by atoms with Crippen molar-refractivity contribution in [2.24, 2.45) is 0 Å². The summed E-state index contributed by atoms with van der Waals surface area (Å²) in [5, 5.41) is -0.995. The van der Waals surface area contributed by atoms with Crippen LogP contribution in [0.5, 0.6) is 0 Å². The Kier molecular flexibility index (Phi) is 4.03. The number of fused-ring (bicyclic) bond motifs is 2. The van der Waals surface area contributed by atoms with E-state index in [4.69, 9.17) is 0 Å². The molecule has 0 N–H and O–H groups in total. The Bertz CT molecular complexity index is 1060. The van der Waals surface area contributed by atoms with Gasteiger partial charge in [0.25, 0.3) is 0 Å². The van der Waals surface area contributed by atoms with Crippen LogP contribution in [0.25, 0.3) is 0 Å². The number of ketones is 1. The summed E-state index contributed by atoms with van der Waals surface area (Å²) in [6, 6.07) is 15.1. The molecule has 4 rings (SSSR count). The van der Waals surface area contributed by atoms with Gasteiger partial charge in [-0.3, -0.25) is 9.59 Å². The minimum Gasteiger partial charge on any atom is -0.328 e. The fourth-order valence-corrected chi connectivity index (χ4v) is 6.34. The summed E-state index contributed by atoms with van der Waals surface area (Å²) >= 11 is 0. The van der Waals surface area contributed by atoms with Gasteiger partial charge in [-0.25, -0.2) is 8.42 Å². The number of likely N-dealkylation sites (N-methyl/N-ethyl adjacent to an activating group) is 1. The summed E-state index contributed by atoms with van der Waals surface area (Å²) in [5.74, 6) is -0.404. The fraction of sp³-hybridized carbons (Fsp3) is 0.238. The van der Waals surface area contributed by atoms with Gasteiger partial charge in [-0.15, -0.1) is 0 Å². The smallest absolute Gasteiger partial charge is 0.225 e. The van der Waals surface area contributed by atoms with Gasteiger partial charge in [-0.05, 0) is 36.8 Å². The summed E-state index contributed by atoms with van der Waals surface area (Å²) < 4.78 is 27.0. The molecule has 2 aliphatic rings. The normalized spacial score (nSPS) is 24.5. The predicted molar refractivity (Wildman–Crippen MR) is 101 cm³/mol. The Morgan fingerprint density at radius 3 is 2.41 bits per heavy atom. The van der Waals surface area contributed by atoms with E-state index in [1.165, 1.54) is 6.08 Å². The molecule has 0 radical (unpaired) electrons. The number of allylic oxidation sites excluding steroid dienone is 1. The van der Waals surface area contributed by atoms with Gasteiger partial charge >= 0.3 is 0 Å². The minimum atomic E-state index is -3.81. The van der Waals surface area contributed by atoms with E-state index in [0.717, 1.165) is 0 Å². The molecule has 1 fully saturated rings. The van der Waals surface area contributed by atoms with Crippen molar-refractivity contribution in [3.8, 4) is 0 Å². The Balaban J connectivity index is 2.00. The molecule has 1 amide bonds. The Morgan fingerprint density at radius 1 is 1.04 bits per heavy atom. The zero-order valence-electron chi connectivity index (χ0n) is 14.8. The monoisotopic (exact) mass is 381 g/mol. The van der Waals surface area contributed by atoms with Gasteiger partial charge < -0.3 is 4.90 Å². The van der Waals surface area contributed by atoms with Gasteiger partial charge in [-0.2, -0.15) is 0 Å². The van der Waals surface area contributed by atoms with Crippen LogP contribution in [-0.2, 0) is 20.2 Å². The van der Waals surface area contributed by atoms with Crippen LogP contribution >= 0.6 is 0 Å². The van der Waals surface area contributed by atoms with Crippen molar-refractivity contribution in [3.63, 3.8) is 0 Å². The fourth-order valence-electron chi connectivity index (χ4n) is 4.31. The molecule has 0 aromatic heterocycles. The van der Waals surface area contributed by atoms with Crippen LogP contribution in [0.4, 0.5) is 0 Å². The average Bonchev–Trinajstić information content (AvgIpc) is 2.98. The summed E-state index contributed by atoms with van der Waals surface area (Å²) in [6.07, 6.45) is 2.90. The number of likely N-dealkylation sites (tertiary alicyclic amines) is 1. The number of hydrogen-bond acceptors (Lipinski definition) is 4. The van der Waals surface area contributed by atoms with Gasteiger partial charge in [0.2, 0.25) is 5.91 Å². The largest absolute Gasteiger partial charge is 0.328 e. The second kappa shape index (κ2) is 6.16. The lowest BCUT2D eigenvalue weighted by molar-refractivity contribution is -0.130. The van der Waals surface area contributed by atoms with Crippen LogP contribution in [0, 0.1) is 0 Å². The number of amides is 1. The van der Waals surface area contributed by atoms with Crippen molar-refractivity contribution in [1.82, 2.24) is 4.90 Å². The van der Waals surface area contributed by atoms with Crippen LogP contribution in [0.15, 0.2) is 71.6 Å². The SMILES string of the molecule is CCN1C(=O)C[C@@H](S(=O)(=O)c2ccccc2)[C@@]12C=CC(=O)c1ccccc12. The maximum absolute atomic E-state index is 13.5. The van der Waals surface area contributed by atoms with Crippen molar-refractivity contribution >= 4 is 21.5 Å². The van der Waals surface area contributed by atoms with E-state index in [1.807, 2.05) is 6.92 Å². The van der Waals surface area contributed by atoms with Crippen molar-refractivity contribution in [1.29, 1.82) is 0 Å². The van der Waals surface area contributed by atoms with Crippen molar-refractivity contribution < 1.29 is 18.0 Å². The summed E-state index contributed by atoms with van der Waals surface area (Å²) in [5.41, 5.74) is -0.151. The van der Waals surface area contributed by atoms with E-state index < -0.39 is 20.6 Å². The van der Waals surface area contributed by atoms with E-state index in [-0.39, 0.29) is 23.0 Å². The van der Waals surface area contributed by atoms with Crippen LogP contribution < -0.4 is 0 Å². The molecular formula is C21H19NO4S. The summed E-state index contributed by atoms with van der Waals surface area (Å²) in [6.45, 7) is 2.18. The van der Waals surface area contributed by atoms with Crippen LogP contribution in [0.1, 0.15) is 29.3 Å². The van der Waals surface area contributed by atoms with E-state index in [9.17, 15) is 18.0 Å². The molecule has 1 spiro atoms. The highest BCUT2D eigenvalue weighted by Gasteiger charge is 2.59. The lowest BCUT2D eigenvalue weighted by Crippen LogP contribution is -2.51. The van der Waals surface area contributed by atoms with Crippen molar-refractivity contribution in [2.75, 3.05) is 6.54 Å². The molecule has 0 saturated carbocycles. The van der Waals surface area contributed by atoms with Crippen molar-refractivity contribution in [2.45, 2.75) is 29.0 Å². The molecular weight excluding hydrogens is 362 g/mol. The van der Waals surface area contributed by atoms with Gasteiger partial charge in [-0.1, -0.05) is 42.5 Å². The first kappa shape index (κ1) is 17.7. The van der Waals surface area contributed by atoms with Crippen molar-refractivity contribution in [3.05, 3.63) is 77.9 Å². The molecule has 138 valence electrons. The zero-order valence-corrected chi connectivity index (χ0v) is 15.6. The van der Waals surface area contributed by atoms with Gasteiger partial charge in [0.15, 0.2) is 15.6 Å². The molecule has 1 aliphatic carbocycles. The highest BCUT2D eigenvalue weighted by Crippen LogP contribution is 2.48. The molecule has 6 heteroatoms. The number of carbonyl (C=O) groups is 2. The molecule has 2 aromatic rings. The highest BCUT2D eigenvalue weighted by atomic mass is 32.2. The number of hydrogen-bond donors (Lipinski definition) is 0. The Labute approximate surface area is 158 Å². The van der Waals surface area contributed by atoms with Gasteiger partial charge in [0.1, 0.15) is 10.8 Å². The maximum atomic E-state index is 13.5. The number of nitrogens with zero attached hydrogens (tertiary/aromatic N) is 1. The first-order valence-corrected chi connectivity index (χ1v) is 10.4. The van der Waals surface area contributed by atoms with Crippen LogP contribution in [0.2, 0.25) is 0 Å². The molecule has 1 saturated heterocycles. The minimum absolute atomic E-state index is 0.113. The first-order chi connectivity index (χ1) is 12.9. The summed E-state index contributed by atoms with van der Waals surface area (Å²) in [7, 11) is -3.81. The van der Waals surface area contributed by atoms with Gasteiger partial charge in [0, 0.05) is 18.5 Å². The third-order valence-electron chi connectivity index (χ3n) is 5.47. The van der Waals surface area contributed by atoms with E-state index in [2.05, 4.69) is 0 Å². The van der Waals surface area contributed by atoms with Gasteiger partial charge in [0.05, 0.1) is 4.90 Å². The maximum Gasteiger partial charge on any atom is 0.225 e. The lowest BCUT2D eigenvalue weighted by atomic mass is 9.78. The van der Waals surface area contributed by atoms with Crippen LogP contribution in [-0.4, -0.2) is 36.8 Å². The molecule has 0 bridgehead atoms. The second-order valence-electron chi connectivity index (χ2n) is 6.76. The summed E-state index contributed by atoms with van der Waals surface area (Å²) in [4.78, 5) is 27.0. The lowest BCUT2D eigenvalue weighted by Gasteiger charge is -2.42. The standard InChI is InChI=1S/C21H19NO4S/c1-2-22-20(24)14-19(27(25,26)15-8-4-3-5-9-15)21(22)13-12-18(23)16-10-6-7-11-17(16)21/h3-13,19H,2,14H2,1H3/t19-,21+/m1/s1. The second-order valence-corrected chi connectivity index (χ2v) is 8.89. The Morgan fingerprint density at radius 2 is 1.70 bits per heavy atom. The molecule has 1 heterocycles. The third-order valence-corrected chi connectivity index (χ3v) is 7.68. The number of sulfone groups is 1. The quantitative estimate of drug-likeness (QED) is 0.820. The van der Waals surface area contributed by atoms with E-state index >= 15 is 0 Å². The molecule has 5 nitrogen and oxygen atoms in total. The first-order valence-electron chi connectivity index (χ1n) is 8.85. The molecule has 27 heavy (non-hydrogen) atoms. The third kappa shape index (κ3) is 2.40. The molecule has 2 atom stereocenters. The highest BCUT2D eigenvalue weighted by molar-refractivity contribution is 7.92. The number of rotatable bonds is 3. The molecule has 0 unspecified atom stereocenters. The topological polar surface area (TPSA) is 71.5 Å².